The number of rotatable bonds is 1. The van der Waals surface area contributed by atoms with Crippen LogP contribution in [0.3, 0.4) is 0 Å². The molecule has 0 bridgehead atoms. The molecular formula is C16H27NO3. The molecule has 6 atom stereocenters. The zero-order valence-corrected chi connectivity index (χ0v) is 12.6. The SMILES string of the molecule is CC1CC(O)C2C(=O)C(C3CCCCN3C)COC2C1. The van der Waals surface area contributed by atoms with Gasteiger partial charge in [0.2, 0.25) is 0 Å². The molecule has 3 rings (SSSR count). The van der Waals surface area contributed by atoms with Crippen LogP contribution in [0.15, 0.2) is 0 Å². The van der Waals surface area contributed by atoms with Gasteiger partial charge in [-0.15, -0.1) is 0 Å². The number of carbonyl (C=O) groups excluding carboxylic acids is 1. The highest BCUT2D eigenvalue weighted by Crippen LogP contribution is 2.39. The van der Waals surface area contributed by atoms with E-state index in [-0.39, 0.29) is 23.7 Å². The molecule has 0 aromatic heterocycles. The van der Waals surface area contributed by atoms with Crippen molar-refractivity contribution in [3.8, 4) is 0 Å². The molecule has 2 aliphatic heterocycles. The number of likely N-dealkylation sites (tertiary alicyclic amines) is 1. The van der Waals surface area contributed by atoms with Crippen LogP contribution >= 0.6 is 0 Å². The van der Waals surface area contributed by atoms with Gasteiger partial charge in [0.25, 0.3) is 0 Å². The number of hydrogen-bond acceptors (Lipinski definition) is 4. The first kappa shape index (κ1) is 14.5. The van der Waals surface area contributed by atoms with Crippen LogP contribution in [0.5, 0.6) is 0 Å². The number of fused-ring (bicyclic) bond motifs is 1. The third kappa shape index (κ3) is 2.53. The van der Waals surface area contributed by atoms with Crippen LogP contribution < -0.4 is 0 Å². The second kappa shape index (κ2) is 5.74. The molecule has 3 aliphatic rings. The molecule has 1 saturated carbocycles. The van der Waals surface area contributed by atoms with E-state index in [2.05, 4.69) is 18.9 Å². The van der Waals surface area contributed by atoms with Gasteiger partial charge in [0.15, 0.2) is 0 Å². The third-order valence-electron chi connectivity index (χ3n) is 5.57. The molecule has 4 nitrogen and oxygen atoms in total. The minimum Gasteiger partial charge on any atom is -0.392 e. The molecule has 0 amide bonds. The van der Waals surface area contributed by atoms with Crippen molar-refractivity contribution in [2.45, 2.75) is 57.3 Å². The number of ketones is 1. The van der Waals surface area contributed by atoms with Gasteiger partial charge in [0.1, 0.15) is 5.78 Å². The highest BCUT2D eigenvalue weighted by molar-refractivity contribution is 5.86. The van der Waals surface area contributed by atoms with Crippen LogP contribution in [0.25, 0.3) is 0 Å². The van der Waals surface area contributed by atoms with Crippen molar-refractivity contribution in [3.05, 3.63) is 0 Å². The lowest BCUT2D eigenvalue weighted by Crippen LogP contribution is -2.57. The topological polar surface area (TPSA) is 49.8 Å². The lowest BCUT2D eigenvalue weighted by atomic mass is 9.70. The summed E-state index contributed by atoms with van der Waals surface area (Å²) < 4.78 is 6.00. The number of piperidine rings is 1. The number of Topliss-reactive ketones (excluding diaryl/α,β-unsaturated/α-hetero) is 1. The number of aliphatic hydroxyl groups excluding tert-OH is 1. The summed E-state index contributed by atoms with van der Waals surface area (Å²) in [5.74, 6) is 0.400. The van der Waals surface area contributed by atoms with E-state index >= 15 is 0 Å². The van der Waals surface area contributed by atoms with Crippen LogP contribution in [-0.4, -0.2) is 54.2 Å². The first-order valence-electron chi connectivity index (χ1n) is 8.11. The summed E-state index contributed by atoms with van der Waals surface area (Å²) >= 11 is 0. The maximum atomic E-state index is 12.9. The van der Waals surface area contributed by atoms with Crippen molar-refractivity contribution < 1.29 is 14.6 Å². The van der Waals surface area contributed by atoms with E-state index in [1.807, 2.05) is 0 Å². The minimum atomic E-state index is -0.507. The second-order valence-electron chi connectivity index (χ2n) is 7.09. The van der Waals surface area contributed by atoms with Crippen LogP contribution in [-0.2, 0) is 9.53 Å². The van der Waals surface area contributed by atoms with Crippen LogP contribution in [0.2, 0.25) is 0 Å². The number of carbonyl (C=O) groups is 1. The van der Waals surface area contributed by atoms with E-state index in [1.54, 1.807) is 0 Å². The van der Waals surface area contributed by atoms with Crippen molar-refractivity contribution in [2.75, 3.05) is 20.2 Å². The van der Waals surface area contributed by atoms with Gasteiger partial charge in [-0.05, 0) is 45.2 Å². The van der Waals surface area contributed by atoms with Gasteiger partial charge < -0.3 is 14.7 Å². The molecule has 1 aliphatic carbocycles. The molecule has 114 valence electrons. The quantitative estimate of drug-likeness (QED) is 0.790. The van der Waals surface area contributed by atoms with Crippen molar-refractivity contribution in [1.29, 1.82) is 0 Å². The molecule has 2 saturated heterocycles. The number of hydrogen-bond donors (Lipinski definition) is 1. The molecule has 20 heavy (non-hydrogen) atoms. The Labute approximate surface area is 121 Å². The second-order valence-corrected chi connectivity index (χ2v) is 7.09. The first-order chi connectivity index (χ1) is 9.58. The number of ether oxygens (including phenoxy) is 1. The number of aliphatic hydroxyl groups is 1. The monoisotopic (exact) mass is 281 g/mol. The van der Waals surface area contributed by atoms with E-state index in [4.69, 9.17) is 4.74 Å². The molecule has 6 unspecified atom stereocenters. The van der Waals surface area contributed by atoms with Gasteiger partial charge in [-0.2, -0.15) is 0 Å². The molecule has 2 heterocycles. The standard InChI is InChI=1S/C16H27NO3/c1-10-7-13(18)15-14(8-10)20-9-11(16(15)19)12-5-3-4-6-17(12)2/h10-15,18H,3-9H2,1-2H3. The van der Waals surface area contributed by atoms with Gasteiger partial charge >= 0.3 is 0 Å². The van der Waals surface area contributed by atoms with Gasteiger partial charge in [-0.1, -0.05) is 13.3 Å². The maximum absolute atomic E-state index is 12.9. The fourth-order valence-electron chi connectivity index (χ4n) is 4.46. The highest BCUT2D eigenvalue weighted by Gasteiger charge is 2.49. The Morgan fingerprint density at radius 2 is 2.10 bits per heavy atom. The molecule has 4 heteroatoms. The van der Waals surface area contributed by atoms with Crippen molar-refractivity contribution in [2.24, 2.45) is 17.8 Å². The summed E-state index contributed by atoms with van der Waals surface area (Å²) in [6, 6.07) is 0.309. The number of nitrogens with zero attached hydrogens (tertiary/aromatic N) is 1. The van der Waals surface area contributed by atoms with E-state index < -0.39 is 6.10 Å². The fourth-order valence-corrected chi connectivity index (χ4v) is 4.46. The predicted octanol–water partition coefficient (Wildman–Crippen LogP) is 1.46. The molecule has 0 spiro atoms. The lowest BCUT2D eigenvalue weighted by molar-refractivity contribution is -0.168. The van der Waals surface area contributed by atoms with Gasteiger partial charge in [-0.25, -0.2) is 0 Å². The van der Waals surface area contributed by atoms with Gasteiger partial charge in [0, 0.05) is 6.04 Å². The molecule has 0 aromatic carbocycles. The zero-order chi connectivity index (χ0) is 14.3. The molecule has 0 radical (unpaired) electrons. The summed E-state index contributed by atoms with van der Waals surface area (Å²) in [4.78, 5) is 15.2. The summed E-state index contributed by atoms with van der Waals surface area (Å²) in [6.07, 6.45) is 4.61. The van der Waals surface area contributed by atoms with E-state index in [1.165, 1.54) is 12.8 Å². The van der Waals surface area contributed by atoms with Crippen LogP contribution in [0.1, 0.15) is 39.0 Å². The average Bonchev–Trinajstić information content (AvgIpc) is 2.39. The summed E-state index contributed by atoms with van der Waals surface area (Å²) in [5, 5.41) is 10.3. The Bertz CT molecular complexity index is 373. The average molecular weight is 281 g/mol. The van der Waals surface area contributed by atoms with Gasteiger partial charge in [0.05, 0.1) is 30.7 Å². The Kier molecular flexibility index (Phi) is 4.16. The van der Waals surface area contributed by atoms with Crippen LogP contribution in [0.4, 0.5) is 0 Å². The Balaban J connectivity index is 1.74. The smallest absolute Gasteiger partial charge is 0.148 e. The molecule has 3 fully saturated rings. The van der Waals surface area contributed by atoms with Crippen molar-refractivity contribution in [1.82, 2.24) is 4.90 Å². The largest absolute Gasteiger partial charge is 0.392 e. The van der Waals surface area contributed by atoms with Crippen molar-refractivity contribution >= 4 is 5.78 Å². The third-order valence-corrected chi connectivity index (χ3v) is 5.57. The predicted molar refractivity (Wildman–Crippen MR) is 76.4 cm³/mol. The Morgan fingerprint density at radius 1 is 1.30 bits per heavy atom. The lowest BCUT2D eigenvalue weighted by Gasteiger charge is -2.46. The Morgan fingerprint density at radius 3 is 2.85 bits per heavy atom. The molecule has 0 aromatic rings. The van der Waals surface area contributed by atoms with E-state index in [0.717, 1.165) is 25.8 Å². The highest BCUT2D eigenvalue weighted by atomic mass is 16.5. The summed E-state index contributed by atoms with van der Waals surface area (Å²) in [6.45, 7) is 3.75. The van der Waals surface area contributed by atoms with Crippen molar-refractivity contribution in [3.63, 3.8) is 0 Å². The van der Waals surface area contributed by atoms with E-state index in [0.29, 0.717) is 18.6 Å². The minimum absolute atomic E-state index is 0.0374. The van der Waals surface area contributed by atoms with Gasteiger partial charge in [-0.3, -0.25) is 4.79 Å². The molecular weight excluding hydrogens is 254 g/mol. The maximum Gasteiger partial charge on any atom is 0.148 e. The normalized spacial score (nSPS) is 47.0. The van der Waals surface area contributed by atoms with E-state index in [9.17, 15) is 9.90 Å². The zero-order valence-electron chi connectivity index (χ0n) is 12.6. The summed E-state index contributed by atoms with van der Waals surface area (Å²) in [7, 11) is 2.11. The summed E-state index contributed by atoms with van der Waals surface area (Å²) in [5.41, 5.74) is 0. The fraction of sp³-hybridized carbons (Fsp3) is 0.938. The Hall–Kier alpha value is -0.450. The first-order valence-corrected chi connectivity index (χ1v) is 8.11. The van der Waals surface area contributed by atoms with Crippen LogP contribution in [0, 0.1) is 17.8 Å². The molecule has 1 N–H and O–H groups in total.